The molecule has 7 heteroatoms. The van der Waals surface area contributed by atoms with Crippen LogP contribution < -0.4 is 10.7 Å². The first-order valence-corrected chi connectivity index (χ1v) is 8.30. The minimum absolute atomic E-state index is 0.0125. The first kappa shape index (κ1) is 17.3. The van der Waals surface area contributed by atoms with E-state index in [1.54, 1.807) is 11.9 Å². The van der Waals surface area contributed by atoms with E-state index in [1.807, 2.05) is 58.0 Å². The van der Waals surface area contributed by atoms with Crippen LogP contribution in [0, 0.1) is 0 Å². The number of anilines is 1. The fourth-order valence-corrected chi connectivity index (χ4v) is 2.99. The molecule has 1 amide bonds. The summed E-state index contributed by atoms with van der Waals surface area (Å²) in [7, 11) is 1.77. The topological polar surface area (TPSA) is 77.0 Å². The van der Waals surface area contributed by atoms with Gasteiger partial charge in [-0.25, -0.2) is 4.68 Å². The molecule has 0 aliphatic heterocycles. The van der Waals surface area contributed by atoms with Crippen LogP contribution in [0.1, 0.15) is 33.5 Å². The third-order valence-electron chi connectivity index (χ3n) is 3.44. The van der Waals surface area contributed by atoms with Crippen molar-refractivity contribution in [3.8, 4) is 0 Å². The van der Waals surface area contributed by atoms with Gasteiger partial charge >= 0.3 is 0 Å². The van der Waals surface area contributed by atoms with Crippen molar-refractivity contribution >= 4 is 23.4 Å². The van der Waals surface area contributed by atoms with Crippen LogP contribution in [-0.2, 0) is 10.2 Å². The first-order valence-electron chi connectivity index (χ1n) is 7.42. The SMILES string of the molecule is CC(Sc1nnc(C(C)(C)C)n1N)C(=O)N(C)c1ccccc1. The Bertz CT molecular complexity index is 678. The lowest BCUT2D eigenvalue weighted by Gasteiger charge is -2.21. The molecule has 0 bridgehead atoms. The molecule has 2 aromatic rings. The van der Waals surface area contributed by atoms with Crippen molar-refractivity contribution in [1.82, 2.24) is 14.9 Å². The largest absolute Gasteiger partial charge is 0.336 e. The average molecular weight is 333 g/mol. The summed E-state index contributed by atoms with van der Waals surface area (Å²) in [5.41, 5.74) is 0.656. The Morgan fingerprint density at radius 3 is 2.39 bits per heavy atom. The van der Waals surface area contributed by atoms with Crippen LogP contribution >= 0.6 is 11.8 Å². The van der Waals surface area contributed by atoms with Gasteiger partial charge in [-0.3, -0.25) is 4.79 Å². The Morgan fingerprint density at radius 1 is 1.26 bits per heavy atom. The van der Waals surface area contributed by atoms with Gasteiger partial charge in [-0.2, -0.15) is 0 Å². The van der Waals surface area contributed by atoms with E-state index < -0.39 is 0 Å². The van der Waals surface area contributed by atoms with Gasteiger partial charge in [0.2, 0.25) is 11.1 Å². The van der Waals surface area contributed by atoms with Gasteiger partial charge in [0.05, 0.1) is 5.25 Å². The molecule has 1 unspecified atom stereocenters. The molecule has 1 atom stereocenters. The Kier molecular flexibility index (Phi) is 4.99. The zero-order valence-electron chi connectivity index (χ0n) is 14.1. The normalized spacial score (nSPS) is 12.9. The van der Waals surface area contributed by atoms with Gasteiger partial charge < -0.3 is 10.7 Å². The van der Waals surface area contributed by atoms with Crippen LogP contribution in [0.3, 0.4) is 0 Å². The van der Waals surface area contributed by atoms with Crippen LogP contribution in [0.5, 0.6) is 0 Å². The third-order valence-corrected chi connectivity index (χ3v) is 4.48. The van der Waals surface area contributed by atoms with Gasteiger partial charge in [0.1, 0.15) is 0 Å². The van der Waals surface area contributed by atoms with E-state index in [0.29, 0.717) is 11.0 Å². The number of thioether (sulfide) groups is 1. The summed E-state index contributed by atoms with van der Waals surface area (Å²) in [5, 5.41) is 8.48. The molecule has 0 saturated heterocycles. The number of carbonyl (C=O) groups excluding carboxylic acids is 1. The smallest absolute Gasteiger partial charge is 0.240 e. The van der Waals surface area contributed by atoms with Gasteiger partial charge in [0.15, 0.2) is 5.82 Å². The summed E-state index contributed by atoms with van der Waals surface area (Å²) in [6, 6.07) is 9.54. The van der Waals surface area contributed by atoms with Gasteiger partial charge in [-0.1, -0.05) is 50.7 Å². The number of hydrogen-bond acceptors (Lipinski definition) is 5. The second kappa shape index (κ2) is 6.62. The molecule has 0 spiro atoms. The van der Waals surface area contributed by atoms with E-state index in [1.165, 1.54) is 16.4 Å². The highest BCUT2D eigenvalue weighted by molar-refractivity contribution is 8.00. The molecule has 0 aliphatic carbocycles. The van der Waals surface area contributed by atoms with Gasteiger partial charge in [-0.05, 0) is 19.1 Å². The zero-order valence-corrected chi connectivity index (χ0v) is 15.0. The summed E-state index contributed by atoms with van der Waals surface area (Å²) in [5.74, 6) is 6.75. The van der Waals surface area contributed by atoms with Crippen molar-refractivity contribution in [2.75, 3.05) is 17.8 Å². The molecule has 2 N–H and O–H groups in total. The predicted octanol–water partition coefficient (Wildman–Crippen LogP) is 2.43. The van der Waals surface area contributed by atoms with E-state index >= 15 is 0 Å². The zero-order chi connectivity index (χ0) is 17.2. The van der Waals surface area contributed by atoms with Crippen molar-refractivity contribution in [3.05, 3.63) is 36.2 Å². The Balaban J connectivity index is 2.12. The Labute approximate surface area is 141 Å². The highest BCUT2D eigenvalue weighted by atomic mass is 32.2. The summed E-state index contributed by atoms with van der Waals surface area (Å²) < 4.78 is 1.47. The molecular weight excluding hydrogens is 310 g/mol. The monoisotopic (exact) mass is 333 g/mol. The molecule has 124 valence electrons. The molecule has 1 heterocycles. The van der Waals surface area contributed by atoms with Crippen LogP contribution in [-0.4, -0.2) is 33.1 Å². The van der Waals surface area contributed by atoms with Crippen LogP contribution in [0.4, 0.5) is 5.69 Å². The van der Waals surface area contributed by atoms with Crippen molar-refractivity contribution in [3.63, 3.8) is 0 Å². The molecule has 0 radical (unpaired) electrons. The van der Waals surface area contributed by atoms with Gasteiger partial charge in [0.25, 0.3) is 0 Å². The van der Waals surface area contributed by atoms with E-state index in [9.17, 15) is 4.79 Å². The summed E-state index contributed by atoms with van der Waals surface area (Å²) in [4.78, 5) is 14.2. The lowest BCUT2D eigenvalue weighted by molar-refractivity contribution is -0.117. The van der Waals surface area contributed by atoms with E-state index in [4.69, 9.17) is 5.84 Å². The maximum atomic E-state index is 12.6. The third kappa shape index (κ3) is 3.85. The van der Waals surface area contributed by atoms with Crippen molar-refractivity contribution in [2.45, 2.75) is 43.5 Å². The quantitative estimate of drug-likeness (QED) is 0.687. The minimum Gasteiger partial charge on any atom is -0.336 e. The molecule has 0 fully saturated rings. The lowest BCUT2D eigenvalue weighted by Crippen LogP contribution is -2.33. The van der Waals surface area contributed by atoms with Crippen molar-refractivity contribution in [2.24, 2.45) is 0 Å². The summed E-state index contributed by atoms with van der Waals surface area (Å²) in [6.45, 7) is 7.91. The van der Waals surface area contributed by atoms with Crippen LogP contribution in [0.15, 0.2) is 35.5 Å². The van der Waals surface area contributed by atoms with Crippen LogP contribution in [0.25, 0.3) is 0 Å². The van der Waals surface area contributed by atoms with E-state index in [-0.39, 0.29) is 16.6 Å². The fraction of sp³-hybridized carbons (Fsp3) is 0.438. The van der Waals surface area contributed by atoms with E-state index in [2.05, 4.69) is 10.2 Å². The lowest BCUT2D eigenvalue weighted by atomic mass is 9.96. The number of nitrogen functional groups attached to an aromatic ring is 1. The average Bonchev–Trinajstić information content (AvgIpc) is 2.87. The number of para-hydroxylation sites is 1. The van der Waals surface area contributed by atoms with Crippen molar-refractivity contribution < 1.29 is 4.79 Å². The minimum atomic E-state index is -0.320. The number of nitrogens with two attached hydrogens (primary N) is 1. The molecule has 23 heavy (non-hydrogen) atoms. The second-order valence-electron chi connectivity index (χ2n) is 6.42. The van der Waals surface area contributed by atoms with Crippen molar-refractivity contribution in [1.29, 1.82) is 0 Å². The molecule has 1 aromatic carbocycles. The molecule has 6 nitrogen and oxygen atoms in total. The maximum Gasteiger partial charge on any atom is 0.240 e. The van der Waals surface area contributed by atoms with Crippen LogP contribution in [0.2, 0.25) is 0 Å². The number of aromatic nitrogens is 3. The molecule has 0 saturated carbocycles. The highest BCUT2D eigenvalue weighted by Crippen LogP contribution is 2.27. The first-order chi connectivity index (χ1) is 10.7. The Hall–Kier alpha value is -2.02. The molecule has 1 aromatic heterocycles. The number of amides is 1. The molecule has 2 rings (SSSR count). The Morgan fingerprint density at radius 2 is 1.87 bits per heavy atom. The van der Waals surface area contributed by atoms with E-state index in [0.717, 1.165) is 5.69 Å². The number of hydrogen-bond donors (Lipinski definition) is 1. The maximum absolute atomic E-state index is 12.6. The highest BCUT2D eigenvalue weighted by Gasteiger charge is 2.26. The molecule has 0 aliphatic rings. The number of rotatable bonds is 4. The number of nitrogens with zero attached hydrogens (tertiary/aromatic N) is 4. The molecular formula is C16H23N5OS. The fourth-order valence-electron chi connectivity index (χ4n) is 2.13. The number of carbonyl (C=O) groups is 1. The standard InChI is InChI=1S/C16H23N5OS/c1-11(13(22)20(5)12-9-7-6-8-10-12)23-15-19-18-14(21(15)17)16(2,3)4/h6-11H,17H2,1-5H3. The summed E-state index contributed by atoms with van der Waals surface area (Å²) in [6.07, 6.45) is 0. The van der Waals surface area contributed by atoms with Gasteiger partial charge in [0, 0.05) is 18.2 Å². The second-order valence-corrected chi connectivity index (χ2v) is 7.73. The predicted molar refractivity (Wildman–Crippen MR) is 94.0 cm³/mol. The number of benzene rings is 1. The summed E-state index contributed by atoms with van der Waals surface area (Å²) >= 11 is 1.31. The van der Waals surface area contributed by atoms with Gasteiger partial charge in [-0.15, -0.1) is 10.2 Å².